The molecule has 14 heavy (non-hydrogen) atoms. The molecule has 2 atom stereocenters. The van der Waals surface area contributed by atoms with Gasteiger partial charge in [0, 0.05) is 6.92 Å². The van der Waals surface area contributed by atoms with Crippen LogP contribution in [0.15, 0.2) is 0 Å². The lowest BCUT2D eigenvalue weighted by atomic mass is 10.4. The average Bonchev–Trinajstić information content (AvgIpc) is 2.31. The van der Waals surface area contributed by atoms with Crippen molar-refractivity contribution in [3.63, 3.8) is 0 Å². The lowest BCUT2D eigenvalue weighted by Gasteiger charge is -2.10. The molecule has 1 aliphatic rings. The number of amides is 2. The third-order valence-corrected chi connectivity index (χ3v) is 2.38. The Morgan fingerprint density at radius 3 is 2.57 bits per heavy atom. The summed E-state index contributed by atoms with van der Waals surface area (Å²) in [5.74, 6) is -2.60. The van der Waals surface area contributed by atoms with Crippen molar-refractivity contribution >= 4 is 28.9 Å². The van der Waals surface area contributed by atoms with Crippen molar-refractivity contribution in [3.05, 3.63) is 0 Å². The van der Waals surface area contributed by atoms with Crippen molar-refractivity contribution in [1.82, 2.24) is 5.06 Å². The molecule has 7 nitrogen and oxygen atoms in total. The van der Waals surface area contributed by atoms with Crippen LogP contribution in [-0.4, -0.2) is 36.9 Å². The summed E-state index contributed by atoms with van der Waals surface area (Å²) in [5.41, 5.74) is 0. The number of carbonyl (C=O) groups is 3. The Bertz CT molecular complexity index is 326. The Hall–Kier alpha value is -1.28. The fourth-order valence-corrected chi connectivity index (χ4v) is 1.52. The van der Waals surface area contributed by atoms with E-state index in [1.165, 1.54) is 0 Å². The molecule has 0 spiro atoms. The van der Waals surface area contributed by atoms with Crippen LogP contribution in [0.25, 0.3) is 0 Å². The first-order chi connectivity index (χ1) is 6.43. The molecule has 0 aromatic rings. The van der Waals surface area contributed by atoms with Gasteiger partial charge in [-0.3, -0.25) is 9.59 Å². The molecule has 0 aromatic heterocycles. The van der Waals surface area contributed by atoms with Gasteiger partial charge in [0.15, 0.2) is 16.3 Å². The Morgan fingerprint density at radius 1 is 1.64 bits per heavy atom. The number of imide groups is 1. The second kappa shape index (κ2) is 3.84. The monoisotopic (exact) mass is 221 g/mol. The average molecular weight is 221 g/mol. The lowest BCUT2D eigenvalue weighted by molar-refractivity contribution is -0.195. The molecule has 0 aromatic carbocycles. The molecular weight excluding hydrogens is 214 g/mol. The van der Waals surface area contributed by atoms with Gasteiger partial charge in [0.05, 0.1) is 6.42 Å². The first kappa shape index (κ1) is 10.8. The highest BCUT2D eigenvalue weighted by molar-refractivity contribution is 7.80. The van der Waals surface area contributed by atoms with Gasteiger partial charge in [-0.1, -0.05) is 0 Å². The maximum absolute atomic E-state index is 11.2. The summed E-state index contributed by atoms with van der Waals surface area (Å²) in [6.07, 6.45) is -0.421. The summed E-state index contributed by atoms with van der Waals surface area (Å²) >= 11 is -2.43. The molecule has 78 valence electrons. The minimum Gasteiger partial charge on any atom is -0.331 e. The molecule has 0 aliphatic carbocycles. The molecule has 2 amide bonds. The topological polar surface area (TPSA) is 101 Å². The minimum absolute atomic E-state index is 0.223. The number of rotatable bonds is 2. The maximum atomic E-state index is 11.2. The standard InChI is InChI=1S/C6H7NO6S/c1-3(8)13-7-5(9)2-4(6(7)10)14(11)12/h4H,2H2,1H3,(H,11,12). The third-order valence-electron chi connectivity index (χ3n) is 1.53. The molecule has 1 heterocycles. The zero-order chi connectivity index (χ0) is 10.9. The highest BCUT2D eigenvalue weighted by Crippen LogP contribution is 2.17. The molecule has 1 fully saturated rings. The highest BCUT2D eigenvalue weighted by atomic mass is 32.2. The molecule has 1 rings (SSSR count). The lowest BCUT2D eigenvalue weighted by Crippen LogP contribution is -2.34. The van der Waals surface area contributed by atoms with E-state index in [0.29, 0.717) is 0 Å². The molecule has 0 radical (unpaired) electrons. The Kier molecular flexibility index (Phi) is 2.96. The third kappa shape index (κ3) is 1.96. The van der Waals surface area contributed by atoms with E-state index >= 15 is 0 Å². The Morgan fingerprint density at radius 2 is 2.21 bits per heavy atom. The fourth-order valence-electron chi connectivity index (χ4n) is 0.964. The first-order valence-corrected chi connectivity index (χ1v) is 4.75. The van der Waals surface area contributed by atoms with Gasteiger partial charge in [-0.15, -0.1) is 5.06 Å². The summed E-state index contributed by atoms with van der Waals surface area (Å²) in [5, 5.41) is -1.11. The van der Waals surface area contributed by atoms with Crippen molar-refractivity contribution in [1.29, 1.82) is 0 Å². The van der Waals surface area contributed by atoms with Crippen LogP contribution in [0.4, 0.5) is 0 Å². The van der Waals surface area contributed by atoms with E-state index in [1.807, 2.05) is 0 Å². The summed E-state index contributed by atoms with van der Waals surface area (Å²) in [7, 11) is 0. The van der Waals surface area contributed by atoms with Crippen molar-refractivity contribution < 1.29 is 28.0 Å². The number of hydrogen-bond donors (Lipinski definition) is 1. The van der Waals surface area contributed by atoms with E-state index < -0.39 is 40.5 Å². The summed E-state index contributed by atoms with van der Waals surface area (Å²) in [6.45, 7) is 1.02. The molecule has 2 unspecified atom stereocenters. The van der Waals surface area contributed by atoms with Crippen LogP contribution in [0, 0.1) is 0 Å². The van der Waals surface area contributed by atoms with Gasteiger partial charge in [0.2, 0.25) is 0 Å². The van der Waals surface area contributed by atoms with E-state index in [1.54, 1.807) is 0 Å². The molecule has 1 N–H and O–H groups in total. The van der Waals surface area contributed by atoms with Crippen LogP contribution < -0.4 is 0 Å². The van der Waals surface area contributed by atoms with Crippen LogP contribution in [-0.2, 0) is 30.3 Å². The normalized spacial score (nSPS) is 23.9. The van der Waals surface area contributed by atoms with Crippen molar-refractivity contribution in [2.24, 2.45) is 0 Å². The second-order valence-electron chi connectivity index (χ2n) is 2.58. The number of nitrogens with zero attached hydrogens (tertiary/aromatic N) is 1. The van der Waals surface area contributed by atoms with Gasteiger partial charge < -0.3 is 9.39 Å². The smallest absolute Gasteiger partial charge is 0.330 e. The molecule has 0 bridgehead atoms. The zero-order valence-corrected chi connectivity index (χ0v) is 7.94. The predicted molar refractivity (Wildman–Crippen MR) is 42.8 cm³/mol. The van der Waals surface area contributed by atoms with Gasteiger partial charge >= 0.3 is 5.97 Å². The van der Waals surface area contributed by atoms with Crippen molar-refractivity contribution in [2.75, 3.05) is 0 Å². The van der Waals surface area contributed by atoms with Crippen molar-refractivity contribution in [3.8, 4) is 0 Å². The quantitative estimate of drug-likeness (QED) is 0.465. The fraction of sp³-hybridized carbons (Fsp3) is 0.500. The first-order valence-electron chi connectivity index (χ1n) is 3.58. The van der Waals surface area contributed by atoms with Crippen LogP contribution in [0.2, 0.25) is 0 Å². The Balaban J connectivity index is 2.80. The predicted octanol–water partition coefficient (Wildman–Crippen LogP) is -1.19. The van der Waals surface area contributed by atoms with Crippen molar-refractivity contribution in [2.45, 2.75) is 18.6 Å². The zero-order valence-electron chi connectivity index (χ0n) is 7.13. The number of hydrogen-bond acceptors (Lipinski definition) is 5. The highest BCUT2D eigenvalue weighted by Gasteiger charge is 2.44. The largest absolute Gasteiger partial charge is 0.331 e. The van der Waals surface area contributed by atoms with E-state index in [2.05, 4.69) is 4.84 Å². The van der Waals surface area contributed by atoms with Crippen LogP contribution >= 0.6 is 0 Å². The summed E-state index contributed by atoms with van der Waals surface area (Å²) < 4.78 is 19.2. The number of hydroxylamine groups is 2. The molecule has 0 saturated carbocycles. The van der Waals surface area contributed by atoms with E-state index in [-0.39, 0.29) is 5.06 Å². The van der Waals surface area contributed by atoms with Gasteiger partial charge in [0.1, 0.15) is 0 Å². The van der Waals surface area contributed by atoms with Gasteiger partial charge in [-0.05, 0) is 0 Å². The maximum Gasteiger partial charge on any atom is 0.330 e. The summed E-state index contributed by atoms with van der Waals surface area (Å²) in [4.78, 5) is 36.9. The second-order valence-corrected chi connectivity index (χ2v) is 3.70. The van der Waals surface area contributed by atoms with E-state index in [9.17, 15) is 18.6 Å². The molecule has 1 saturated heterocycles. The molecule has 1 aliphatic heterocycles. The number of carbonyl (C=O) groups excluding carboxylic acids is 3. The van der Waals surface area contributed by atoms with Crippen LogP contribution in [0.3, 0.4) is 0 Å². The minimum atomic E-state index is -2.43. The molecular formula is C6H7NO6S. The van der Waals surface area contributed by atoms with Crippen LogP contribution in [0.1, 0.15) is 13.3 Å². The van der Waals surface area contributed by atoms with Crippen LogP contribution in [0.5, 0.6) is 0 Å². The van der Waals surface area contributed by atoms with Gasteiger partial charge in [-0.25, -0.2) is 9.00 Å². The summed E-state index contributed by atoms with van der Waals surface area (Å²) in [6, 6.07) is 0. The van der Waals surface area contributed by atoms with Gasteiger partial charge in [0.25, 0.3) is 11.8 Å². The van der Waals surface area contributed by atoms with E-state index in [4.69, 9.17) is 4.55 Å². The van der Waals surface area contributed by atoms with E-state index in [0.717, 1.165) is 6.92 Å². The Labute approximate surface area is 81.2 Å². The SMILES string of the molecule is CC(=O)ON1C(=O)CC(S(=O)O)C1=O. The van der Waals surface area contributed by atoms with Gasteiger partial charge in [-0.2, -0.15) is 0 Å². The molecule has 8 heteroatoms.